The van der Waals surface area contributed by atoms with Crippen LogP contribution in [0.4, 0.5) is 0 Å². The Bertz CT molecular complexity index is 138. The second-order valence-corrected chi connectivity index (χ2v) is 2.18. The molecule has 3 nitrogen and oxygen atoms in total. The molecule has 0 heterocycles. The summed E-state index contributed by atoms with van der Waals surface area (Å²) in [5.41, 5.74) is 0. The van der Waals surface area contributed by atoms with E-state index in [1.54, 1.807) is 0 Å². The molecule has 0 saturated heterocycles. The Hall–Kier alpha value is -0.160. The van der Waals surface area contributed by atoms with Crippen molar-refractivity contribution in [2.24, 2.45) is 0 Å². The summed E-state index contributed by atoms with van der Waals surface area (Å²) in [6.45, 7) is 0. The predicted octanol–water partition coefficient (Wildman–Crippen LogP) is -0.375. The van der Waals surface area contributed by atoms with E-state index in [1.165, 1.54) is 0 Å². The Balaban J connectivity index is 5.08. The molecule has 0 aromatic rings. The summed E-state index contributed by atoms with van der Waals surface area (Å²) in [5, 5.41) is 0. The summed E-state index contributed by atoms with van der Waals surface area (Å²) in [5.74, 6) is 0. The Kier molecular flexibility index (Phi) is 2.03. The Labute approximate surface area is 33.3 Å². The van der Waals surface area contributed by atoms with E-state index < -0.39 is 9.26 Å². The molecule has 5 heavy (non-hydrogen) atoms. The SMILES string of the molecule is N=S=S(=O)=O. The van der Waals surface area contributed by atoms with Gasteiger partial charge in [-0.05, 0) is 0 Å². The van der Waals surface area contributed by atoms with E-state index in [0.717, 1.165) is 0 Å². The zero-order valence-electron chi connectivity index (χ0n) is 2.13. The fourth-order valence-corrected chi connectivity index (χ4v) is 0. The molecule has 0 aromatic carbocycles. The van der Waals surface area contributed by atoms with Crippen LogP contribution >= 0.6 is 0 Å². The molecule has 0 rings (SSSR count). The van der Waals surface area contributed by atoms with Crippen molar-refractivity contribution in [1.82, 2.24) is 0 Å². The average Bonchev–Trinajstić information content (AvgIpc) is 1.38. The highest BCUT2D eigenvalue weighted by atomic mass is 32.8. The van der Waals surface area contributed by atoms with Gasteiger partial charge in [-0.15, -0.1) is 0 Å². The second-order valence-electron chi connectivity index (χ2n) is 0.287. The monoisotopic (exact) mass is 111 g/mol. The van der Waals surface area contributed by atoms with Crippen LogP contribution in [0.1, 0.15) is 0 Å². The molecule has 5 heteroatoms. The van der Waals surface area contributed by atoms with Crippen LogP contribution in [0.3, 0.4) is 0 Å². The third-order valence-corrected chi connectivity index (χ3v) is 0.612. The van der Waals surface area contributed by atoms with E-state index in [2.05, 4.69) is 0 Å². The molecule has 0 radical (unpaired) electrons. The van der Waals surface area contributed by atoms with E-state index in [1.807, 2.05) is 0 Å². The van der Waals surface area contributed by atoms with Gasteiger partial charge in [-0.25, -0.2) is 4.78 Å². The lowest BCUT2D eigenvalue weighted by atomic mass is 14.0. The minimum atomic E-state index is -2.24. The Morgan fingerprint density at radius 1 is 1.60 bits per heavy atom. The third-order valence-electron chi connectivity index (χ3n) is 0.0680. The largest absolute Gasteiger partial charge is 0.290 e. The molecule has 0 aliphatic carbocycles. The minimum Gasteiger partial charge on any atom is -0.232 e. The molecule has 0 amide bonds. The molecule has 30 valence electrons. The maximum Gasteiger partial charge on any atom is 0.290 e. The van der Waals surface area contributed by atoms with Gasteiger partial charge in [0.25, 0.3) is 9.26 Å². The van der Waals surface area contributed by atoms with Crippen LogP contribution in [0.5, 0.6) is 0 Å². The first-order chi connectivity index (χ1) is 2.27. The summed E-state index contributed by atoms with van der Waals surface area (Å²) in [6, 6.07) is 0. The highest BCUT2D eigenvalue weighted by molar-refractivity contribution is 8.18. The minimum absolute atomic E-state index is 0.0463. The fraction of sp³-hybridized carbons (Fsp3) is 0. The Morgan fingerprint density at radius 2 is 1.80 bits per heavy atom. The van der Waals surface area contributed by atoms with Gasteiger partial charge in [-0.1, -0.05) is 0 Å². The zero-order chi connectivity index (χ0) is 4.28. The van der Waals surface area contributed by atoms with E-state index >= 15 is 0 Å². The van der Waals surface area contributed by atoms with Crippen molar-refractivity contribution in [3.63, 3.8) is 0 Å². The van der Waals surface area contributed by atoms with Crippen LogP contribution in [-0.2, 0) is 19.4 Å². The van der Waals surface area contributed by atoms with Crippen molar-refractivity contribution in [1.29, 1.82) is 4.78 Å². The van der Waals surface area contributed by atoms with Gasteiger partial charge in [0.15, 0.2) is 0 Å². The van der Waals surface area contributed by atoms with Crippen molar-refractivity contribution in [2.75, 3.05) is 0 Å². The standard InChI is InChI=1S/HNO2S2/c1-4-5(2)3/h1H. The number of hydrogen-bond donors (Lipinski definition) is 1. The number of rotatable bonds is 0. The molecule has 0 spiro atoms. The average molecular weight is 111 g/mol. The summed E-state index contributed by atoms with van der Waals surface area (Å²) in [7, 11) is -2.19. The molecule has 0 aliphatic heterocycles. The van der Waals surface area contributed by atoms with E-state index in [4.69, 9.17) is 13.2 Å². The van der Waals surface area contributed by atoms with Gasteiger partial charge < -0.3 is 0 Å². The molecule has 0 atom stereocenters. The summed E-state index contributed by atoms with van der Waals surface area (Å²) in [6.07, 6.45) is 0. The fourth-order valence-electron chi connectivity index (χ4n) is 0. The van der Waals surface area contributed by atoms with Gasteiger partial charge in [0.1, 0.15) is 0 Å². The van der Waals surface area contributed by atoms with Crippen LogP contribution < -0.4 is 0 Å². The molecule has 0 aliphatic rings. The molecule has 0 unspecified atom stereocenters. The van der Waals surface area contributed by atoms with Crippen molar-refractivity contribution in [3.05, 3.63) is 0 Å². The first kappa shape index (κ1) is 4.84. The van der Waals surface area contributed by atoms with Crippen LogP contribution in [0.25, 0.3) is 0 Å². The summed E-state index contributed by atoms with van der Waals surface area (Å²) >= 11 is 0. The van der Waals surface area contributed by atoms with E-state index in [9.17, 15) is 0 Å². The van der Waals surface area contributed by atoms with Crippen molar-refractivity contribution in [3.8, 4) is 0 Å². The van der Waals surface area contributed by atoms with E-state index in [-0.39, 0.29) is 10.1 Å². The first-order valence-electron chi connectivity index (χ1n) is 0.704. The molecular formula is HNO2S2. The first-order valence-corrected chi connectivity index (χ1v) is 3.11. The van der Waals surface area contributed by atoms with Crippen molar-refractivity contribution < 1.29 is 8.42 Å². The lowest BCUT2D eigenvalue weighted by molar-refractivity contribution is 0.628. The maximum atomic E-state index is 9.14. The molecule has 0 fully saturated rings. The molecular weight excluding hydrogens is 110 g/mol. The summed E-state index contributed by atoms with van der Waals surface area (Å²) < 4.78 is 24.2. The smallest absolute Gasteiger partial charge is 0.232 e. The van der Waals surface area contributed by atoms with Crippen LogP contribution in [-0.4, -0.2) is 8.42 Å². The van der Waals surface area contributed by atoms with E-state index in [0.29, 0.717) is 0 Å². The van der Waals surface area contributed by atoms with Gasteiger partial charge in [-0.2, -0.15) is 8.42 Å². The molecule has 0 bridgehead atoms. The van der Waals surface area contributed by atoms with Gasteiger partial charge in [0.05, 0.1) is 10.1 Å². The number of hydrogen-bond acceptors (Lipinski definition) is 3. The topological polar surface area (TPSA) is 58.0 Å². The molecule has 1 N–H and O–H groups in total. The van der Waals surface area contributed by atoms with Gasteiger partial charge in [0, 0.05) is 0 Å². The zero-order valence-corrected chi connectivity index (χ0v) is 3.77. The highest BCUT2D eigenvalue weighted by Gasteiger charge is 1.41. The Morgan fingerprint density at radius 3 is 1.80 bits per heavy atom. The third kappa shape index (κ3) is 3.84. The van der Waals surface area contributed by atoms with Crippen LogP contribution in [0.15, 0.2) is 0 Å². The van der Waals surface area contributed by atoms with Gasteiger partial charge in [0.2, 0.25) is 0 Å². The maximum absolute atomic E-state index is 9.14. The van der Waals surface area contributed by atoms with Gasteiger partial charge >= 0.3 is 0 Å². The highest BCUT2D eigenvalue weighted by Crippen LogP contribution is 1.25. The van der Waals surface area contributed by atoms with Crippen molar-refractivity contribution in [2.45, 2.75) is 0 Å². The number of nitrogens with one attached hydrogen (secondary N) is 1. The summed E-state index contributed by atoms with van der Waals surface area (Å²) in [4.78, 5) is 0. The lowest BCUT2D eigenvalue weighted by Crippen LogP contribution is -1.40. The van der Waals surface area contributed by atoms with Crippen LogP contribution in [0, 0.1) is 4.78 Å². The normalized spacial score (nSPS) is 6.40. The quantitative estimate of drug-likeness (QED) is 0.463. The lowest BCUT2D eigenvalue weighted by Gasteiger charge is -1.24. The van der Waals surface area contributed by atoms with Gasteiger partial charge in [-0.3, -0.25) is 0 Å². The molecule has 0 aromatic heterocycles. The predicted molar refractivity (Wildman–Crippen MR) is 19.0 cm³/mol. The van der Waals surface area contributed by atoms with Crippen LogP contribution in [0.2, 0.25) is 0 Å². The van der Waals surface area contributed by atoms with Crippen molar-refractivity contribution >= 4 is 19.4 Å². The second kappa shape index (κ2) is 2.10. The molecule has 0 saturated carbocycles.